The van der Waals surface area contributed by atoms with Crippen molar-refractivity contribution in [2.24, 2.45) is 5.92 Å². The van der Waals surface area contributed by atoms with Gasteiger partial charge in [-0.3, -0.25) is 0 Å². The predicted molar refractivity (Wildman–Crippen MR) is 61.8 cm³/mol. The van der Waals surface area contributed by atoms with Gasteiger partial charge in [-0.05, 0) is 31.4 Å². The smallest absolute Gasteiger partial charge is 0.126 e. The summed E-state index contributed by atoms with van der Waals surface area (Å²) in [6.45, 7) is 6.59. The van der Waals surface area contributed by atoms with E-state index in [1.165, 1.54) is 0 Å². The van der Waals surface area contributed by atoms with Crippen LogP contribution < -0.4 is 5.32 Å². The highest BCUT2D eigenvalue weighted by Crippen LogP contribution is 2.13. The Labute approximate surface area is 90.7 Å². The van der Waals surface area contributed by atoms with Gasteiger partial charge in [0.05, 0.1) is 5.02 Å². The summed E-state index contributed by atoms with van der Waals surface area (Å²) in [6, 6.07) is 4.20. The van der Waals surface area contributed by atoms with E-state index < -0.39 is 0 Å². The molecule has 0 spiro atoms. The molecule has 2 nitrogen and oxygen atoms in total. The van der Waals surface area contributed by atoms with Gasteiger partial charge in [-0.1, -0.05) is 25.4 Å². The van der Waals surface area contributed by atoms with E-state index >= 15 is 0 Å². The number of aromatic nitrogens is 1. The molecule has 1 rings (SSSR count). The van der Waals surface area contributed by atoms with Gasteiger partial charge in [-0.15, -0.1) is 0 Å². The molecule has 1 aromatic rings. The number of hydrogen-bond acceptors (Lipinski definition) is 2. The highest BCUT2D eigenvalue weighted by Gasteiger charge is 2.04. The zero-order valence-electron chi connectivity index (χ0n) is 8.92. The molecule has 1 heterocycles. The number of nitrogens with zero attached hydrogens (tertiary/aromatic N) is 1. The highest BCUT2D eigenvalue weighted by atomic mass is 35.5. The topological polar surface area (TPSA) is 24.9 Å². The van der Waals surface area contributed by atoms with Crippen LogP contribution in [0.4, 0.5) is 5.82 Å². The van der Waals surface area contributed by atoms with E-state index in [1.807, 2.05) is 12.1 Å². The van der Waals surface area contributed by atoms with Crippen LogP contribution in [-0.4, -0.2) is 11.0 Å². The molecule has 0 radical (unpaired) electrons. The summed E-state index contributed by atoms with van der Waals surface area (Å²) in [6.07, 6.45) is 2.80. The first-order chi connectivity index (χ1) is 6.58. The standard InChI is InChI=1S/C11H17ClN2/c1-8(2)6-9(3)14-11-5-4-10(12)7-13-11/h4-5,7-9H,6H2,1-3H3,(H,13,14). The van der Waals surface area contributed by atoms with E-state index in [9.17, 15) is 0 Å². The van der Waals surface area contributed by atoms with E-state index in [0.29, 0.717) is 17.0 Å². The van der Waals surface area contributed by atoms with Crippen LogP contribution in [0.3, 0.4) is 0 Å². The van der Waals surface area contributed by atoms with E-state index in [1.54, 1.807) is 6.20 Å². The Morgan fingerprint density at radius 2 is 2.07 bits per heavy atom. The average molecular weight is 213 g/mol. The van der Waals surface area contributed by atoms with Crippen LogP contribution >= 0.6 is 11.6 Å². The Kier molecular flexibility index (Phi) is 4.21. The minimum Gasteiger partial charge on any atom is -0.368 e. The average Bonchev–Trinajstić information content (AvgIpc) is 2.07. The molecule has 0 saturated carbocycles. The molecule has 0 amide bonds. The molecule has 0 aromatic carbocycles. The van der Waals surface area contributed by atoms with Gasteiger partial charge < -0.3 is 5.32 Å². The number of rotatable bonds is 4. The third kappa shape index (κ3) is 3.97. The molecule has 1 atom stereocenters. The first kappa shape index (κ1) is 11.3. The van der Waals surface area contributed by atoms with Gasteiger partial charge in [0.2, 0.25) is 0 Å². The van der Waals surface area contributed by atoms with Crippen LogP contribution in [0.2, 0.25) is 5.02 Å². The second-order valence-electron chi connectivity index (χ2n) is 4.04. The number of halogens is 1. The minimum absolute atomic E-state index is 0.448. The molecule has 0 aliphatic rings. The van der Waals surface area contributed by atoms with Gasteiger partial charge >= 0.3 is 0 Å². The summed E-state index contributed by atoms with van der Waals surface area (Å²) in [5.74, 6) is 1.59. The van der Waals surface area contributed by atoms with E-state index in [-0.39, 0.29) is 0 Å². The zero-order chi connectivity index (χ0) is 10.6. The van der Waals surface area contributed by atoms with E-state index in [2.05, 4.69) is 31.1 Å². The first-order valence-corrected chi connectivity index (χ1v) is 5.34. The fourth-order valence-electron chi connectivity index (χ4n) is 1.48. The maximum Gasteiger partial charge on any atom is 0.126 e. The lowest BCUT2D eigenvalue weighted by molar-refractivity contribution is 0.539. The molecular weight excluding hydrogens is 196 g/mol. The van der Waals surface area contributed by atoms with Gasteiger partial charge in [-0.25, -0.2) is 4.98 Å². The highest BCUT2D eigenvalue weighted by molar-refractivity contribution is 6.30. The largest absolute Gasteiger partial charge is 0.368 e. The van der Waals surface area contributed by atoms with Crippen molar-refractivity contribution in [1.29, 1.82) is 0 Å². The molecule has 1 aromatic heterocycles. The Morgan fingerprint density at radius 3 is 2.57 bits per heavy atom. The quantitative estimate of drug-likeness (QED) is 0.825. The van der Waals surface area contributed by atoms with Crippen LogP contribution in [0, 0.1) is 5.92 Å². The fourth-order valence-corrected chi connectivity index (χ4v) is 1.59. The molecule has 0 aliphatic heterocycles. The van der Waals surface area contributed by atoms with Crippen molar-refractivity contribution < 1.29 is 0 Å². The lowest BCUT2D eigenvalue weighted by Gasteiger charge is -2.16. The summed E-state index contributed by atoms with van der Waals surface area (Å²) >= 11 is 5.74. The van der Waals surface area contributed by atoms with Crippen molar-refractivity contribution in [1.82, 2.24) is 4.98 Å². The summed E-state index contributed by atoms with van der Waals surface area (Å²) in [4.78, 5) is 4.18. The molecule has 1 unspecified atom stereocenters. The van der Waals surface area contributed by atoms with E-state index in [0.717, 1.165) is 12.2 Å². The second-order valence-corrected chi connectivity index (χ2v) is 4.47. The van der Waals surface area contributed by atoms with Crippen LogP contribution in [0.1, 0.15) is 27.2 Å². The third-order valence-corrected chi connectivity index (χ3v) is 2.17. The monoisotopic (exact) mass is 212 g/mol. The maximum absolute atomic E-state index is 5.74. The molecule has 0 fully saturated rings. The first-order valence-electron chi connectivity index (χ1n) is 4.96. The van der Waals surface area contributed by atoms with Crippen LogP contribution in [-0.2, 0) is 0 Å². The van der Waals surface area contributed by atoms with Gasteiger partial charge in [0, 0.05) is 12.2 Å². The van der Waals surface area contributed by atoms with Crippen molar-refractivity contribution in [3.05, 3.63) is 23.4 Å². The van der Waals surface area contributed by atoms with Gasteiger partial charge in [0.15, 0.2) is 0 Å². The molecule has 0 aliphatic carbocycles. The van der Waals surface area contributed by atoms with Gasteiger partial charge in [0.25, 0.3) is 0 Å². The lowest BCUT2D eigenvalue weighted by atomic mass is 10.1. The molecule has 3 heteroatoms. The fraction of sp³-hybridized carbons (Fsp3) is 0.545. The molecule has 78 valence electrons. The third-order valence-electron chi connectivity index (χ3n) is 1.95. The molecule has 0 saturated heterocycles. The zero-order valence-corrected chi connectivity index (χ0v) is 9.67. The Hall–Kier alpha value is -0.760. The SMILES string of the molecule is CC(C)CC(C)Nc1ccc(Cl)cn1. The molecule has 1 N–H and O–H groups in total. The van der Waals surface area contributed by atoms with Crippen molar-refractivity contribution in [3.63, 3.8) is 0 Å². The molecule has 14 heavy (non-hydrogen) atoms. The van der Waals surface area contributed by atoms with Crippen molar-refractivity contribution in [2.75, 3.05) is 5.32 Å². The number of anilines is 1. The summed E-state index contributed by atoms with van der Waals surface area (Å²) in [5.41, 5.74) is 0. The number of nitrogens with one attached hydrogen (secondary N) is 1. The van der Waals surface area contributed by atoms with Crippen LogP contribution in [0.15, 0.2) is 18.3 Å². The lowest BCUT2D eigenvalue weighted by Crippen LogP contribution is -2.17. The summed E-state index contributed by atoms with van der Waals surface area (Å²) in [5, 5.41) is 4.00. The Balaban J connectivity index is 2.47. The Morgan fingerprint density at radius 1 is 1.36 bits per heavy atom. The minimum atomic E-state index is 0.448. The number of pyridine rings is 1. The second kappa shape index (κ2) is 5.20. The number of hydrogen-bond donors (Lipinski definition) is 1. The van der Waals surface area contributed by atoms with Gasteiger partial charge in [-0.2, -0.15) is 0 Å². The predicted octanol–water partition coefficient (Wildman–Crippen LogP) is 3.58. The van der Waals surface area contributed by atoms with Crippen molar-refractivity contribution in [2.45, 2.75) is 33.2 Å². The normalized spacial score (nSPS) is 12.9. The van der Waals surface area contributed by atoms with Crippen molar-refractivity contribution >= 4 is 17.4 Å². The summed E-state index contributed by atoms with van der Waals surface area (Å²) < 4.78 is 0. The molecular formula is C11H17ClN2. The van der Waals surface area contributed by atoms with E-state index in [4.69, 9.17) is 11.6 Å². The maximum atomic E-state index is 5.74. The van der Waals surface area contributed by atoms with Crippen LogP contribution in [0.25, 0.3) is 0 Å². The summed E-state index contributed by atoms with van der Waals surface area (Å²) in [7, 11) is 0. The Bertz CT molecular complexity index is 269. The van der Waals surface area contributed by atoms with Crippen LogP contribution in [0.5, 0.6) is 0 Å². The van der Waals surface area contributed by atoms with Crippen molar-refractivity contribution in [3.8, 4) is 0 Å². The van der Waals surface area contributed by atoms with Gasteiger partial charge in [0.1, 0.15) is 5.82 Å². The molecule has 0 bridgehead atoms.